The second kappa shape index (κ2) is 2.54. The van der Waals surface area contributed by atoms with Crippen molar-refractivity contribution in [1.82, 2.24) is 0 Å². The van der Waals surface area contributed by atoms with E-state index in [1.165, 1.54) is 13.8 Å². The summed E-state index contributed by atoms with van der Waals surface area (Å²) in [6.45, 7) is 2.69. The van der Waals surface area contributed by atoms with Gasteiger partial charge in [0.15, 0.2) is 5.38 Å². The summed E-state index contributed by atoms with van der Waals surface area (Å²) in [6, 6.07) is 0. The minimum atomic E-state index is -1.35. The molecule has 0 aliphatic rings. The van der Waals surface area contributed by atoms with Gasteiger partial charge in [-0.2, -0.15) is 0 Å². The average molecular weight is 153 g/mol. The minimum Gasteiger partial charge on any atom is -0.480 e. The van der Waals surface area contributed by atoms with Crippen LogP contribution in [0.25, 0.3) is 0 Å². The zero-order valence-electron chi connectivity index (χ0n) is 5.26. The van der Waals surface area contributed by atoms with E-state index in [-0.39, 0.29) is 0 Å². The second-order valence-corrected chi connectivity index (χ2v) is 2.79. The number of aliphatic hydroxyl groups is 1. The number of hydrogen-bond acceptors (Lipinski definition) is 2. The van der Waals surface area contributed by atoms with E-state index in [1.807, 2.05) is 0 Å². The Kier molecular flexibility index (Phi) is 2.46. The molecule has 3 nitrogen and oxygen atoms in total. The molecule has 0 aliphatic carbocycles. The molecule has 0 heterocycles. The van der Waals surface area contributed by atoms with E-state index in [9.17, 15) is 4.79 Å². The van der Waals surface area contributed by atoms with Gasteiger partial charge in [0.1, 0.15) is 0 Å². The van der Waals surface area contributed by atoms with E-state index in [4.69, 9.17) is 21.8 Å². The number of carbonyl (C=O) groups is 1. The molecule has 0 aromatic carbocycles. The molecule has 0 aliphatic heterocycles. The molecular formula is C5H9ClO3. The molecule has 1 atom stereocenters. The van der Waals surface area contributed by atoms with Crippen molar-refractivity contribution >= 4 is 17.6 Å². The van der Waals surface area contributed by atoms with Crippen molar-refractivity contribution in [1.29, 1.82) is 0 Å². The van der Waals surface area contributed by atoms with Crippen LogP contribution in [0.15, 0.2) is 0 Å². The van der Waals surface area contributed by atoms with Crippen molar-refractivity contribution < 1.29 is 15.0 Å². The first-order chi connectivity index (χ1) is 3.85. The van der Waals surface area contributed by atoms with Crippen molar-refractivity contribution in [2.24, 2.45) is 0 Å². The lowest BCUT2D eigenvalue weighted by Gasteiger charge is -2.19. The molecule has 0 fully saturated rings. The maximum absolute atomic E-state index is 10.1. The van der Waals surface area contributed by atoms with Gasteiger partial charge in [-0.05, 0) is 13.8 Å². The van der Waals surface area contributed by atoms with Gasteiger partial charge in [-0.3, -0.25) is 4.79 Å². The SMILES string of the molecule is CC(C)(O)C(Cl)C(=O)O. The largest absolute Gasteiger partial charge is 0.480 e. The number of carboxylic acid groups (broad SMARTS) is 1. The summed E-state index contributed by atoms with van der Waals surface area (Å²) < 4.78 is 0. The fourth-order valence-electron chi connectivity index (χ4n) is 0.302. The third-order valence-electron chi connectivity index (χ3n) is 0.837. The number of carboxylic acids is 1. The minimum absolute atomic E-state index is 1.20. The van der Waals surface area contributed by atoms with E-state index in [2.05, 4.69) is 0 Å². The lowest BCUT2D eigenvalue weighted by Crippen LogP contribution is -2.37. The summed E-state index contributed by atoms with van der Waals surface area (Å²) in [4.78, 5) is 10.1. The second-order valence-electron chi connectivity index (χ2n) is 2.35. The van der Waals surface area contributed by atoms with Crippen LogP contribution in [0.3, 0.4) is 0 Å². The van der Waals surface area contributed by atoms with Crippen LogP contribution < -0.4 is 0 Å². The standard InChI is InChI=1S/C5H9ClO3/c1-5(2,9)3(6)4(7)8/h3,9H,1-2H3,(H,7,8). The summed E-state index contributed by atoms with van der Waals surface area (Å²) >= 11 is 5.24. The van der Waals surface area contributed by atoms with E-state index in [0.717, 1.165) is 0 Å². The zero-order chi connectivity index (χ0) is 7.65. The van der Waals surface area contributed by atoms with Crippen molar-refractivity contribution in [3.63, 3.8) is 0 Å². The molecule has 0 saturated heterocycles. The Morgan fingerprint density at radius 1 is 1.67 bits per heavy atom. The summed E-state index contributed by atoms with van der Waals surface area (Å²) in [5, 5.41) is 15.9. The number of aliphatic carboxylic acids is 1. The normalized spacial score (nSPS) is 15.1. The highest BCUT2D eigenvalue weighted by Gasteiger charge is 2.30. The molecule has 2 N–H and O–H groups in total. The molecule has 0 spiro atoms. The molecule has 54 valence electrons. The summed E-state index contributed by atoms with van der Waals surface area (Å²) in [5.74, 6) is -1.20. The van der Waals surface area contributed by atoms with Crippen molar-refractivity contribution in [2.45, 2.75) is 24.8 Å². The van der Waals surface area contributed by atoms with Gasteiger partial charge in [0.25, 0.3) is 0 Å². The van der Waals surface area contributed by atoms with Crippen molar-refractivity contribution in [2.75, 3.05) is 0 Å². The molecule has 0 aromatic rings. The Balaban J connectivity index is 4.04. The third-order valence-corrected chi connectivity index (χ3v) is 1.56. The Morgan fingerprint density at radius 2 is 2.00 bits per heavy atom. The molecule has 0 bridgehead atoms. The van der Waals surface area contributed by atoms with E-state index in [1.54, 1.807) is 0 Å². The molecule has 0 saturated carbocycles. The summed E-state index contributed by atoms with van der Waals surface area (Å²) in [6.07, 6.45) is 0. The predicted octanol–water partition coefficient (Wildman–Crippen LogP) is 0.449. The Hall–Kier alpha value is -0.280. The quantitative estimate of drug-likeness (QED) is 0.565. The molecule has 1 unspecified atom stereocenters. The predicted molar refractivity (Wildman–Crippen MR) is 33.6 cm³/mol. The van der Waals surface area contributed by atoms with Crippen LogP contribution in [0.2, 0.25) is 0 Å². The Morgan fingerprint density at radius 3 is 2.00 bits per heavy atom. The molecular weight excluding hydrogens is 144 g/mol. The third kappa shape index (κ3) is 2.67. The fourth-order valence-corrected chi connectivity index (χ4v) is 0.302. The number of alkyl halides is 1. The van der Waals surface area contributed by atoms with Gasteiger partial charge >= 0.3 is 5.97 Å². The van der Waals surface area contributed by atoms with Crippen LogP contribution in [0.4, 0.5) is 0 Å². The van der Waals surface area contributed by atoms with Gasteiger partial charge in [-0.1, -0.05) is 0 Å². The van der Waals surface area contributed by atoms with Gasteiger partial charge < -0.3 is 10.2 Å². The number of halogens is 1. The van der Waals surface area contributed by atoms with E-state index < -0.39 is 16.9 Å². The van der Waals surface area contributed by atoms with Crippen LogP contribution >= 0.6 is 11.6 Å². The molecule has 0 amide bonds. The molecule has 0 radical (unpaired) electrons. The molecule has 0 rings (SSSR count). The van der Waals surface area contributed by atoms with Gasteiger partial charge in [0, 0.05) is 0 Å². The van der Waals surface area contributed by atoms with Crippen LogP contribution in [0, 0.1) is 0 Å². The smallest absolute Gasteiger partial charge is 0.324 e. The first kappa shape index (κ1) is 8.72. The Labute approximate surface area is 58.3 Å². The van der Waals surface area contributed by atoms with Gasteiger partial charge in [-0.25, -0.2) is 0 Å². The topological polar surface area (TPSA) is 57.5 Å². The summed E-state index contributed by atoms with van der Waals surface area (Å²) in [7, 11) is 0. The Bertz CT molecular complexity index is 116. The van der Waals surface area contributed by atoms with E-state index >= 15 is 0 Å². The molecule has 4 heteroatoms. The lowest BCUT2D eigenvalue weighted by molar-refractivity contribution is -0.140. The van der Waals surface area contributed by atoms with Crippen LogP contribution in [-0.4, -0.2) is 27.2 Å². The van der Waals surface area contributed by atoms with Crippen molar-refractivity contribution in [3.05, 3.63) is 0 Å². The first-order valence-corrected chi connectivity index (χ1v) is 2.88. The van der Waals surface area contributed by atoms with Crippen molar-refractivity contribution in [3.8, 4) is 0 Å². The highest BCUT2D eigenvalue weighted by Crippen LogP contribution is 2.14. The molecule has 9 heavy (non-hydrogen) atoms. The monoisotopic (exact) mass is 152 g/mol. The number of rotatable bonds is 2. The van der Waals surface area contributed by atoms with Gasteiger partial charge in [0.2, 0.25) is 0 Å². The van der Waals surface area contributed by atoms with Crippen LogP contribution in [0.1, 0.15) is 13.8 Å². The fraction of sp³-hybridized carbons (Fsp3) is 0.800. The highest BCUT2D eigenvalue weighted by molar-refractivity contribution is 6.30. The zero-order valence-corrected chi connectivity index (χ0v) is 6.01. The van der Waals surface area contributed by atoms with Gasteiger partial charge in [-0.15, -0.1) is 11.6 Å². The maximum atomic E-state index is 10.1. The van der Waals surface area contributed by atoms with Crippen LogP contribution in [0.5, 0.6) is 0 Å². The van der Waals surface area contributed by atoms with Crippen LogP contribution in [-0.2, 0) is 4.79 Å². The number of hydrogen-bond donors (Lipinski definition) is 2. The average Bonchev–Trinajstić information content (AvgIpc) is 1.62. The van der Waals surface area contributed by atoms with E-state index in [0.29, 0.717) is 0 Å². The molecule has 0 aromatic heterocycles. The lowest BCUT2D eigenvalue weighted by atomic mass is 10.1. The van der Waals surface area contributed by atoms with Gasteiger partial charge in [0.05, 0.1) is 5.60 Å². The highest BCUT2D eigenvalue weighted by atomic mass is 35.5. The summed E-state index contributed by atoms with van der Waals surface area (Å²) in [5.41, 5.74) is -1.35. The first-order valence-electron chi connectivity index (χ1n) is 2.45. The maximum Gasteiger partial charge on any atom is 0.324 e.